The van der Waals surface area contributed by atoms with Gasteiger partial charge in [-0.3, -0.25) is 4.79 Å². The highest BCUT2D eigenvalue weighted by atomic mass is 16.2. The van der Waals surface area contributed by atoms with E-state index in [0.29, 0.717) is 11.4 Å². The first-order valence-electron chi connectivity index (χ1n) is 7.39. The summed E-state index contributed by atoms with van der Waals surface area (Å²) in [5, 5.41) is 8.31. The number of hydrogen-bond donors (Lipinski definition) is 3. The van der Waals surface area contributed by atoms with E-state index in [4.69, 9.17) is 0 Å². The molecule has 0 saturated heterocycles. The SMILES string of the molecule is CC(C)(C)C(=O)Nc1ccc(NC(=O)Nc2ccccc2)cc1. The van der Waals surface area contributed by atoms with E-state index in [2.05, 4.69) is 16.0 Å². The van der Waals surface area contributed by atoms with Crippen LogP contribution in [0.25, 0.3) is 0 Å². The van der Waals surface area contributed by atoms with Crippen molar-refractivity contribution in [2.75, 3.05) is 16.0 Å². The van der Waals surface area contributed by atoms with Gasteiger partial charge in [0.2, 0.25) is 5.91 Å². The molecule has 3 amide bonds. The van der Waals surface area contributed by atoms with Crippen LogP contribution < -0.4 is 16.0 Å². The predicted molar refractivity (Wildman–Crippen MR) is 93.6 cm³/mol. The number of nitrogens with one attached hydrogen (secondary N) is 3. The number of para-hydroxylation sites is 1. The second kappa shape index (κ2) is 6.96. The zero-order valence-corrected chi connectivity index (χ0v) is 13.5. The molecule has 0 bridgehead atoms. The van der Waals surface area contributed by atoms with Gasteiger partial charge in [0.25, 0.3) is 0 Å². The van der Waals surface area contributed by atoms with E-state index < -0.39 is 5.41 Å². The molecular formula is C18H21N3O2. The molecule has 0 aromatic heterocycles. The Bertz CT molecular complexity index is 674. The fraction of sp³-hybridized carbons (Fsp3) is 0.222. The molecule has 0 aliphatic carbocycles. The van der Waals surface area contributed by atoms with Gasteiger partial charge in [0.05, 0.1) is 0 Å². The maximum absolute atomic E-state index is 11.9. The Balaban J connectivity index is 1.92. The maximum atomic E-state index is 11.9. The highest BCUT2D eigenvalue weighted by Gasteiger charge is 2.20. The third-order valence-corrected chi connectivity index (χ3v) is 3.11. The monoisotopic (exact) mass is 311 g/mol. The number of rotatable bonds is 3. The van der Waals surface area contributed by atoms with Gasteiger partial charge in [-0.05, 0) is 36.4 Å². The lowest BCUT2D eigenvalue weighted by Gasteiger charge is -2.17. The smallest absolute Gasteiger partial charge is 0.323 e. The van der Waals surface area contributed by atoms with Crippen molar-refractivity contribution in [3.8, 4) is 0 Å². The molecule has 5 heteroatoms. The van der Waals surface area contributed by atoms with Crippen molar-refractivity contribution in [1.29, 1.82) is 0 Å². The van der Waals surface area contributed by atoms with Crippen molar-refractivity contribution in [2.45, 2.75) is 20.8 Å². The fourth-order valence-electron chi connectivity index (χ4n) is 1.77. The molecule has 0 unspecified atom stereocenters. The Kier molecular flexibility index (Phi) is 5.01. The van der Waals surface area contributed by atoms with Crippen LogP contribution in [0.3, 0.4) is 0 Å². The lowest BCUT2D eigenvalue weighted by atomic mass is 9.95. The second-order valence-electron chi connectivity index (χ2n) is 6.23. The average Bonchev–Trinajstić information content (AvgIpc) is 2.49. The summed E-state index contributed by atoms with van der Waals surface area (Å²) in [6.07, 6.45) is 0. The zero-order valence-electron chi connectivity index (χ0n) is 13.5. The van der Waals surface area contributed by atoms with Crippen molar-refractivity contribution in [1.82, 2.24) is 0 Å². The number of hydrogen-bond acceptors (Lipinski definition) is 2. The van der Waals surface area contributed by atoms with Gasteiger partial charge in [-0.1, -0.05) is 39.0 Å². The molecule has 0 atom stereocenters. The van der Waals surface area contributed by atoms with Crippen LogP contribution >= 0.6 is 0 Å². The Morgan fingerprint density at radius 1 is 0.696 bits per heavy atom. The molecule has 0 aliphatic rings. The molecule has 0 radical (unpaired) electrons. The molecule has 23 heavy (non-hydrogen) atoms. The molecule has 120 valence electrons. The Hall–Kier alpha value is -2.82. The van der Waals surface area contributed by atoms with Crippen molar-refractivity contribution in [3.63, 3.8) is 0 Å². The van der Waals surface area contributed by atoms with Crippen LogP contribution in [-0.4, -0.2) is 11.9 Å². The van der Waals surface area contributed by atoms with Crippen molar-refractivity contribution < 1.29 is 9.59 Å². The van der Waals surface area contributed by atoms with Gasteiger partial charge in [0.1, 0.15) is 0 Å². The normalized spacial score (nSPS) is 10.7. The fourth-order valence-corrected chi connectivity index (χ4v) is 1.77. The first-order valence-corrected chi connectivity index (χ1v) is 7.39. The topological polar surface area (TPSA) is 70.2 Å². The number of anilines is 3. The zero-order chi connectivity index (χ0) is 16.9. The van der Waals surface area contributed by atoms with Crippen LogP contribution in [0.1, 0.15) is 20.8 Å². The minimum Gasteiger partial charge on any atom is -0.326 e. The summed E-state index contributed by atoms with van der Waals surface area (Å²) in [6, 6.07) is 15.9. The molecule has 2 rings (SSSR count). The molecule has 2 aromatic rings. The van der Waals surface area contributed by atoms with Gasteiger partial charge in [-0.2, -0.15) is 0 Å². The second-order valence-corrected chi connectivity index (χ2v) is 6.23. The highest BCUT2D eigenvalue weighted by molar-refractivity contribution is 6.00. The van der Waals surface area contributed by atoms with E-state index in [1.807, 2.05) is 51.1 Å². The van der Waals surface area contributed by atoms with Gasteiger partial charge in [0, 0.05) is 22.5 Å². The summed E-state index contributed by atoms with van der Waals surface area (Å²) >= 11 is 0. The molecule has 0 heterocycles. The predicted octanol–water partition coefficient (Wildman–Crippen LogP) is 4.32. The Labute approximate surface area is 136 Å². The number of benzene rings is 2. The van der Waals surface area contributed by atoms with Gasteiger partial charge < -0.3 is 16.0 Å². The number of carbonyl (C=O) groups is 2. The molecule has 0 saturated carbocycles. The quantitative estimate of drug-likeness (QED) is 0.790. The maximum Gasteiger partial charge on any atom is 0.323 e. The third-order valence-electron chi connectivity index (χ3n) is 3.11. The van der Waals surface area contributed by atoms with Crippen LogP contribution in [0, 0.1) is 5.41 Å². The van der Waals surface area contributed by atoms with E-state index in [1.165, 1.54) is 0 Å². The van der Waals surface area contributed by atoms with Crippen LogP contribution in [-0.2, 0) is 4.79 Å². The number of carbonyl (C=O) groups excluding carboxylic acids is 2. The number of urea groups is 1. The minimum atomic E-state index is -0.452. The molecule has 0 fully saturated rings. The first-order chi connectivity index (χ1) is 10.8. The Morgan fingerprint density at radius 3 is 1.61 bits per heavy atom. The average molecular weight is 311 g/mol. The summed E-state index contributed by atoms with van der Waals surface area (Å²) in [4.78, 5) is 23.8. The third kappa shape index (κ3) is 5.14. The van der Waals surface area contributed by atoms with Gasteiger partial charge in [-0.25, -0.2) is 4.79 Å². The highest BCUT2D eigenvalue weighted by Crippen LogP contribution is 2.19. The molecular weight excluding hydrogens is 290 g/mol. The van der Waals surface area contributed by atoms with Crippen LogP contribution in [0.2, 0.25) is 0 Å². The molecule has 5 nitrogen and oxygen atoms in total. The van der Waals surface area contributed by atoms with Crippen LogP contribution in [0.4, 0.5) is 21.9 Å². The van der Waals surface area contributed by atoms with E-state index in [9.17, 15) is 9.59 Å². The van der Waals surface area contributed by atoms with E-state index in [1.54, 1.807) is 24.3 Å². The van der Waals surface area contributed by atoms with Crippen LogP contribution in [0.5, 0.6) is 0 Å². The molecule has 2 aromatic carbocycles. The summed E-state index contributed by atoms with van der Waals surface area (Å²) in [5.74, 6) is -0.0555. The summed E-state index contributed by atoms with van der Waals surface area (Å²) in [6.45, 7) is 5.56. The van der Waals surface area contributed by atoms with E-state index >= 15 is 0 Å². The van der Waals surface area contributed by atoms with E-state index in [-0.39, 0.29) is 11.9 Å². The number of amides is 3. The summed E-state index contributed by atoms with van der Waals surface area (Å²) in [7, 11) is 0. The molecule has 0 aliphatic heterocycles. The van der Waals surface area contributed by atoms with E-state index in [0.717, 1.165) is 5.69 Å². The standard InChI is InChI=1S/C18H21N3O2/c1-18(2,3)16(22)19-14-9-11-15(12-10-14)21-17(23)20-13-7-5-4-6-8-13/h4-12H,1-3H3,(H,19,22)(H2,20,21,23). The van der Waals surface area contributed by atoms with Crippen LogP contribution in [0.15, 0.2) is 54.6 Å². The molecule has 0 spiro atoms. The van der Waals surface area contributed by atoms with Gasteiger partial charge in [0.15, 0.2) is 0 Å². The van der Waals surface area contributed by atoms with Crippen molar-refractivity contribution in [2.24, 2.45) is 5.41 Å². The first kappa shape index (κ1) is 16.5. The Morgan fingerprint density at radius 2 is 1.13 bits per heavy atom. The van der Waals surface area contributed by atoms with Crippen molar-refractivity contribution in [3.05, 3.63) is 54.6 Å². The minimum absolute atomic E-state index is 0.0555. The summed E-state index contributed by atoms with van der Waals surface area (Å²) < 4.78 is 0. The van der Waals surface area contributed by atoms with Gasteiger partial charge in [-0.15, -0.1) is 0 Å². The lowest BCUT2D eigenvalue weighted by molar-refractivity contribution is -0.123. The largest absolute Gasteiger partial charge is 0.326 e. The molecule has 3 N–H and O–H groups in total. The van der Waals surface area contributed by atoms with Gasteiger partial charge >= 0.3 is 6.03 Å². The summed E-state index contributed by atoms with van der Waals surface area (Å²) in [5.41, 5.74) is 1.61. The lowest BCUT2D eigenvalue weighted by Crippen LogP contribution is -2.27. The van der Waals surface area contributed by atoms with Crippen molar-refractivity contribution >= 4 is 29.0 Å².